The van der Waals surface area contributed by atoms with Crippen LogP contribution in [-0.4, -0.2) is 15.9 Å². The van der Waals surface area contributed by atoms with Crippen LogP contribution in [-0.2, 0) is 13.1 Å². The maximum Gasteiger partial charge on any atom is 0.0743 e. The average Bonchev–Trinajstić information content (AvgIpc) is 2.54. The van der Waals surface area contributed by atoms with Crippen molar-refractivity contribution >= 4 is 17.2 Å². The van der Waals surface area contributed by atoms with Crippen molar-refractivity contribution in [2.24, 2.45) is 5.73 Å². The van der Waals surface area contributed by atoms with Crippen LogP contribution in [0.2, 0.25) is 0 Å². The molecule has 0 aromatic heterocycles. The Hall–Kier alpha value is -1.71. The van der Waals surface area contributed by atoms with Crippen LogP contribution in [0.5, 0.6) is 0 Å². The zero-order valence-corrected chi connectivity index (χ0v) is 13.9. The van der Waals surface area contributed by atoms with Gasteiger partial charge in [-0.1, -0.05) is 79.8 Å². The van der Waals surface area contributed by atoms with Crippen molar-refractivity contribution in [3.63, 3.8) is 0 Å². The van der Waals surface area contributed by atoms with E-state index < -0.39 is 0 Å². The highest BCUT2D eigenvalue weighted by Gasteiger charge is 2.18. The molecule has 0 saturated carbocycles. The Balaban J connectivity index is 2.17. The minimum Gasteiger partial charge on any atom is -0.393 e. The van der Waals surface area contributed by atoms with Crippen molar-refractivity contribution in [1.29, 1.82) is 0 Å². The molecule has 1 unspecified atom stereocenters. The van der Waals surface area contributed by atoms with Crippen LogP contribution in [0.25, 0.3) is 0 Å². The first-order valence-corrected chi connectivity index (χ1v) is 8.20. The van der Waals surface area contributed by atoms with Crippen LogP contribution < -0.4 is 5.73 Å². The fraction of sp³-hybridized carbons (Fsp3) is 0.316. The van der Waals surface area contributed by atoms with Crippen LogP contribution in [0.3, 0.4) is 0 Å². The number of thiocarbonyl (C=S) groups is 1. The average molecular weight is 312 g/mol. The number of hydrogen-bond donors (Lipinski definition) is 1. The van der Waals surface area contributed by atoms with Gasteiger partial charge in [-0.2, -0.15) is 0 Å². The second-order valence-corrected chi connectivity index (χ2v) is 6.13. The van der Waals surface area contributed by atoms with Crippen LogP contribution in [0.15, 0.2) is 60.7 Å². The highest BCUT2D eigenvalue weighted by atomic mass is 32.1. The number of benzene rings is 2. The second-order valence-electron chi connectivity index (χ2n) is 5.61. The molecule has 2 nitrogen and oxygen atoms in total. The summed E-state index contributed by atoms with van der Waals surface area (Å²) in [4.78, 5) is 3.07. The van der Waals surface area contributed by atoms with Gasteiger partial charge in [-0.25, -0.2) is 0 Å². The summed E-state index contributed by atoms with van der Waals surface area (Å²) < 4.78 is 0. The Labute approximate surface area is 139 Å². The third kappa shape index (κ3) is 5.24. The molecule has 0 heterocycles. The molecule has 22 heavy (non-hydrogen) atoms. The van der Waals surface area contributed by atoms with E-state index in [0.29, 0.717) is 11.0 Å². The van der Waals surface area contributed by atoms with E-state index in [1.165, 1.54) is 11.1 Å². The molecule has 1 atom stereocenters. The van der Waals surface area contributed by atoms with Gasteiger partial charge in [-0.3, -0.25) is 4.90 Å². The van der Waals surface area contributed by atoms with Crippen LogP contribution in [0.4, 0.5) is 0 Å². The molecule has 3 heteroatoms. The lowest BCUT2D eigenvalue weighted by Crippen LogP contribution is -2.36. The Kier molecular flexibility index (Phi) is 6.56. The van der Waals surface area contributed by atoms with Gasteiger partial charge < -0.3 is 5.73 Å². The van der Waals surface area contributed by atoms with Crippen LogP contribution in [0, 0.1) is 0 Å². The lowest BCUT2D eigenvalue weighted by atomic mass is 10.1. The van der Waals surface area contributed by atoms with E-state index in [4.69, 9.17) is 18.0 Å². The number of hydrogen-bond acceptors (Lipinski definition) is 2. The normalized spacial score (nSPS) is 12.3. The predicted octanol–water partition coefficient (Wildman–Crippen LogP) is 4.14. The first-order valence-electron chi connectivity index (χ1n) is 7.79. The summed E-state index contributed by atoms with van der Waals surface area (Å²) >= 11 is 5.14. The van der Waals surface area contributed by atoms with E-state index in [1.54, 1.807) is 0 Å². The molecule has 2 aromatic rings. The van der Waals surface area contributed by atoms with E-state index in [-0.39, 0.29) is 0 Å². The Morgan fingerprint density at radius 2 is 1.41 bits per heavy atom. The molecular formula is C19H24N2S. The van der Waals surface area contributed by atoms with Gasteiger partial charge in [0.2, 0.25) is 0 Å². The Bertz CT molecular complexity index is 527. The summed E-state index contributed by atoms with van der Waals surface area (Å²) in [6.45, 7) is 4.03. The second kappa shape index (κ2) is 8.66. The molecule has 0 fully saturated rings. The zero-order chi connectivity index (χ0) is 15.8. The Morgan fingerprint density at radius 3 is 1.77 bits per heavy atom. The lowest BCUT2D eigenvalue weighted by Gasteiger charge is -2.31. The topological polar surface area (TPSA) is 29.3 Å². The standard InChI is InChI=1S/C19H24N2S/c1-2-18(13-19(20)22)21(14-16-9-5-3-6-10-16)15-17-11-7-4-8-12-17/h3-12,18H,2,13-15H2,1H3,(H2,20,22). The van der Waals surface area contributed by atoms with E-state index in [0.717, 1.165) is 25.9 Å². The number of rotatable bonds is 8. The molecule has 0 aliphatic heterocycles. The molecule has 2 aromatic carbocycles. The molecule has 0 amide bonds. The summed E-state index contributed by atoms with van der Waals surface area (Å²) in [5, 5.41) is 0. The largest absolute Gasteiger partial charge is 0.393 e. The van der Waals surface area contributed by atoms with Gasteiger partial charge in [0.15, 0.2) is 0 Å². The molecule has 0 saturated heterocycles. The SMILES string of the molecule is CCC(CC(N)=S)N(Cc1ccccc1)Cc1ccccc1. The minimum absolute atomic E-state index is 0.373. The molecule has 2 N–H and O–H groups in total. The maximum atomic E-state index is 5.80. The maximum absolute atomic E-state index is 5.80. The molecular weight excluding hydrogens is 288 g/mol. The summed E-state index contributed by atoms with van der Waals surface area (Å²) in [5.41, 5.74) is 8.44. The summed E-state index contributed by atoms with van der Waals surface area (Å²) in [6, 6.07) is 21.5. The fourth-order valence-electron chi connectivity index (χ4n) is 2.71. The van der Waals surface area contributed by atoms with Gasteiger partial charge in [0.1, 0.15) is 0 Å². The van der Waals surface area contributed by atoms with Crippen LogP contribution in [0.1, 0.15) is 30.9 Å². The van der Waals surface area contributed by atoms with Gasteiger partial charge >= 0.3 is 0 Å². The third-order valence-corrected chi connectivity index (χ3v) is 4.05. The predicted molar refractivity (Wildman–Crippen MR) is 97.6 cm³/mol. The van der Waals surface area contributed by atoms with Crippen molar-refractivity contribution in [3.8, 4) is 0 Å². The molecule has 116 valence electrons. The highest BCUT2D eigenvalue weighted by molar-refractivity contribution is 7.80. The monoisotopic (exact) mass is 312 g/mol. The zero-order valence-electron chi connectivity index (χ0n) is 13.1. The van der Waals surface area contributed by atoms with E-state index in [1.807, 2.05) is 0 Å². The third-order valence-electron chi connectivity index (χ3n) is 3.88. The lowest BCUT2D eigenvalue weighted by molar-refractivity contribution is 0.177. The first-order chi connectivity index (χ1) is 10.7. The molecule has 0 aliphatic rings. The summed E-state index contributed by atoms with van der Waals surface area (Å²) in [7, 11) is 0. The van der Waals surface area contributed by atoms with Gasteiger partial charge in [0.05, 0.1) is 4.99 Å². The molecule has 0 bridgehead atoms. The van der Waals surface area contributed by atoms with E-state index in [9.17, 15) is 0 Å². The highest BCUT2D eigenvalue weighted by Crippen LogP contribution is 2.17. The summed E-state index contributed by atoms with van der Waals surface area (Å²) in [6.07, 6.45) is 1.81. The number of nitrogens with zero attached hydrogens (tertiary/aromatic N) is 1. The van der Waals surface area contributed by atoms with Crippen molar-refractivity contribution in [2.45, 2.75) is 38.9 Å². The van der Waals surface area contributed by atoms with Crippen molar-refractivity contribution < 1.29 is 0 Å². The van der Waals surface area contributed by atoms with Crippen molar-refractivity contribution in [1.82, 2.24) is 4.90 Å². The molecule has 2 rings (SSSR count). The molecule has 0 spiro atoms. The van der Waals surface area contributed by atoms with Crippen molar-refractivity contribution in [2.75, 3.05) is 0 Å². The molecule has 0 aliphatic carbocycles. The first kappa shape index (κ1) is 16.7. The molecule has 0 radical (unpaired) electrons. The van der Waals surface area contributed by atoms with Gasteiger partial charge in [0, 0.05) is 25.6 Å². The van der Waals surface area contributed by atoms with Crippen molar-refractivity contribution in [3.05, 3.63) is 71.8 Å². The van der Waals surface area contributed by atoms with Gasteiger partial charge in [-0.15, -0.1) is 0 Å². The minimum atomic E-state index is 0.373. The quantitative estimate of drug-likeness (QED) is 0.743. The fourth-order valence-corrected chi connectivity index (χ4v) is 2.91. The van der Waals surface area contributed by atoms with E-state index >= 15 is 0 Å². The Morgan fingerprint density at radius 1 is 0.955 bits per heavy atom. The van der Waals surface area contributed by atoms with Crippen LogP contribution >= 0.6 is 12.2 Å². The smallest absolute Gasteiger partial charge is 0.0743 e. The summed E-state index contributed by atoms with van der Waals surface area (Å²) in [5.74, 6) is 0. The van der Waals surface area contributed by atoms with Gasteiger partial charge in [0.25, 0.3) is 0 Å². The van der Waals surface area contributed by atoms with Gasteiger partial charge in [-0.05, 0) is 17.5 Å². The number of nitrogens with two attached hydrogens (primary N) is 1. The van der Waals surface area contributed by atoms with E-state index in [2.05, 4.69) is 72.5 Å².